The molecule has 6 nitrogen and oxygen atoms in total. The second-order valence-corrected chi connectivity index (χ2v) is 9.66. The van der Waals surface area contributed by atoms with E-state index in [-0.39, 0.29) is 17.0 Å². The lowest BCUT2D eigenvalue weighted by Crippen LogP contribution is -2.36. The van der Waals surface area contributed by atoms with Crippen LogP contribution in [0.3, 0.4) is 0 Å². The van der Waals surface area contributed by atoms with Gasteiger partial charge >= 0.3 is 0 Å². The van der Waals surface area contributed by atoms with Crippen LogP contribution in [0.25, 0.3) is 0 Å². The quantitative estimate of drug-likeness (QED) is 0.748. The summed E-state index contributed by atoms with van der Waals surface area (Å²) in [5.74, 6) is 1.05. The highest BCUT2D eigenvalue weighted by atomic mass is 19.1. The molecule has 1 saturated heterocycles. The van der Waals surface area contributed by atoms with Crippen molar-refractivity contribution in [3.63, 3.8) is 0 Å². The van der Waals surface area contributed by atoms with Crippen LogP contribution in [0.15, 0.2) is 35.5 Å². The van der Waals surface area contributed by atoms with Gasteiger partial charge in [0, 0.05) is 42.3 Å². The molecule has 3 aliphatic rings. The van der Waals surface area contributed by atoms with Crippen LogP contribution in [0.1, 0.15) is 63.0 Å². The maximum absolute atomic E-state index is 13.7. The van der Waals surface area contributed by atoms with E-state index in [0.29, 0.717) is 35.1 Å². The van der Waals surface area contributed by atoms with Crippen LogP contribution in [0.2, 0.25) is 0 Å². The summed E-state index contributed by atoms with van der Waals surface area (Å²) in [6.07, 6.45) is 4.66. The summed E-state index contributed by atoms with van der Waals surface area (Å²) >= 11 is 0. The van der Waals surface area contributed by atoms with E-state index in [2.05, 4.69) is 29.0 Å². The number of piperidine rings is 1. The Hall–Kier alpha value is -2.96. The number of halogens is 1. The third-order valence-corrected chi connectivity index (χ3v) is 6.57. The number of allylic oxidation sites excluding steroid dienone is 2. The van der Waals surface area contributed by atoms with Crippen molar-refractivity contribution >= 4 is 23.4 Å². The topological polar surface area (TPSA) is 84.1 Å². The van der Waals surface area contributed by atoms with Crippen molar-refractivity contribution in [1.29, 1.82) is 0 Å². The molecular weight excluding hydrogens is 393 g/mol. The van der Waals surface area contributed by atoms with Gasteiger partial charge in [-0.1, -0.05) is 26.0 Å². The number of carbonyl (C=O) groups excluding carboxylic acids is 1. The van der Waals surface area contributed by atoms with Crippen LogP contribution >= 0.6 is 0 Å². The van der Waals surface area contributed by atoms with Gasteiger partial charge < -0.3 is 16.0 Å². The zero-order valence-corrected chi connectivity index (χ0v) is 18.0. The molecule has 1 aromatic carbocycles. The fraction of sp³-hybridized carbons (Fsp3) is 0.458. The number of carbonyl (C=O) groups is 1. The lowest BCUT2D eigenvalue weighted by molar-refractivity contribution is -0.118. The first-order valence-electron chi connectivity index (χ1n) is 11.0. The normalized spacial score (nSPS) is 22.6. The maximum Gasteiger partial charge on any atom is 0.229 e. The minimum absolute atomic E-state index is 0.0956. The van der Waals surface area contributed by atoms with E-state index in [9.17, 15) is 9.18 Å². The molecule has 1 aromatic heterocycles. The number of nitrogens with two attached hydrogens (primary N) is 1. The van der Waals surface area contributed by atoms with E-state index < -0.39 is 5.92 Å². The smallest absolute Gasteiger partial charge is 0.229 e. The monoisotopic (exact) mass is 421 g/mol. The number of hydrogen-bond acceptors (Lipinski definition) is 6. The molecule has 7 heteroatoms. The molecule has 0 amide bonds. The van der Waals surface area contributed by atoms with Crippen LogP contribution in [0.5, 0.6) is 0 Å². The van der Waals surface area contributed by atoms with Crippen LogP contribution in [0.4, 0.5) is 22.0 Å². The molecule has 0 saturated carbocycles. The number of fused-ring (bicyclic) bond motifs is 1. The highest BCUT2D eigenvalue weighted by molar-refractivity contribution is 6.02. The van der Waals surface area contributed by atoms with Gasteiger partial charge in [0.25, 0.3) is 0 Å². The Labute approximate surface area is 181 Å². The molecule has 162 valence electrons. The molecule has 1 aliphatic carbocycles. The number of nitrogen functional groups attached to an aromatic ring is 1. The fourth-order valence-corrected chi connectivity index (χ4v) is 5.15. The first kappa shape index (κ1) is 20.0. The van der Waals surface area contributed by atoms with Crippen molar-refractivity contribution in [2.45, 2.75) is 51.9 Å². The zero-order chi connectivity index (χ0) is 21.8. The third-order valence-electron chi connectivity index (χ3n) is 6.57. The molecular formula is C24H28FN5O. The minimum atomic E-state index is -0.397. The average molecular weight is 422 g/mol. The first-order valence-corrected chi connectivity index (χ1v) is 11.0. The van der Waals surface area contributed by atoms with Gasteiger partial charge in [-0.05, 0) is 48.8 Å². The second kappa shape index (κ2) is 7.32. The Balaban J connectivity index is 1.67. The van der Waals surface area contributed by atoms with E-state index in [4.69, 9.17) is 10.7 Å². The Bertz CT molecular complexity index is 1070. The van der Waals surface area contributed by atoms with Gasteiger partial charge in [-0.25, -0.2) is 4.39 Å². The first-order chi connectivity index (χ1) is 14.8. The third kappa shape index (κ3) is 3.56. The van der Waals surface area contributed by atoms with E-state index in [1.165, 1.54) is 18.6 Å². The predicted molar refractivity (Wildman–Crippen MR) is 119 cm³/mol. The molecule has 1 fully saturated rings. The largest absolute Gasteiger partial charge is 0.383 e. The summed E-state index contributed by atoms with van der Waals surface area (Å²) in [6.45, 7) is 6.04. The molecule has 3 N–H and O–H groups in total. The molecule has 2 aliphatic heterocycles. The average Bonchev–Trinajstić information content (AvgIpc) is 2.72. The summed E-state index contributed by atoms with van der Waals surface area (Å²) < 4.78 is 13.7. The summed E-state index contributed by atoms with van der Waals surface area (Å²) in [6, 6.07) is 6.30. The van der Waals surface area contributed by atoms with E-state index in [1.807, 2.05) is 0 Å². The van der Waals surface area contributed by atoms with E-state index >= 15 is 0 Å². The van der Waals surface area contributed by atoms with Crippen LogP contribution in [0, 0.1) is 11.2 Å². The van der Waals surface area contributed by atoms with Crippen molar-refractivity contribution in [3.8, 4) is 0 Å². The number of hydrogen-bond donors (Lipinski definition) is 2. The molecule has 5 rings (SSSR count). The molecule has 31 heavy (non-hydrogen) atoms. The number of ketones is 1. The minimum Gasteiger partial charge on any atom is -0.383 e. The standard InChI is InChI=1S/C24H28FN5O/c1-24(2)12-16-19(17(31)13-24)18(14-6-8-15(25)9-7-14)20-21(26)28-23(29-22(20)27-16)30-10-4-3-5-11-30/h6-9,18H,3-5,10-13H2,1-2H3,(H3,26,27,28,29)/t18-/m0/s1. The predicted octanol–water partition coefficient (Wildman–Crippen LogP) is 4.39. The fourth-order valence-electron chi connectivity index (χ4n) is 5.15. The van der Waals surface area contributed by atoms with Crippen molar-refractivity contribution in [3.05, 3.63) is 52.5 Å². The van der Waals surface area contributed by atoms with Crippen LogP contribution in [-0.2, 0) is 4.79 Å². The Morgan fingerprint density at radius 1 is 1.10 bits per heavy atom. The van der Waals surface area contributed by atoms with Gasteiger partial charge in [0.2, 0.25) is 5.95 Å². The number of Topliss-reactive ketones (excluding diaryl/α,β-unsaturated/α-hetero) is 1. The van der Waals surface area contributed by atoms with Crippen molar-refractivity contribution in [1.82, 2.24) is 9.97 Å². The number of benzene rings is 1. The zero-order valence-electron chi connectivity index (χ0n) is 18.0. The van der Waals surface area contributed by atoms with Crippen molar-refractivity contribution in [2.75, 3.05) is 29.0 Å². The molecule has 0 spiro atoms. The Kier molecular flexibility index (Phi) is 4.72. The highest BCUT2D eigenvalue weighted by Gasteiger charge is 2.42. The summed E-state index contributed by atoms with van der Waals surface area (Å²) in [5.41, 5.74) is 9.50. The summed E-state index contributed by atoms with van der Waals surface area (Å²) in [7, 11) is 0. The van der Waals surface area contributed by atoms with Gasteiger partial charge in [0.15, 0.2) is 5.78 Å². The van der Waals surface area contributed by atoms with Gasteiger partial charge in [-0.15, -0.1) is 0 Å². The highest BCUT2D eigenvalue weighted by Crippen LogP contribution is 2.50. The molecule has 1 atom stereocenters. The Morgan fingerprint density at radius 2 is 1.81 bits per heavy atom. The van der Waals surface area contributed by atoms with E-state index in [1.54, 1.807) is 12.1 Å². The number of nitrogens with one attached hydrogen (secondary N) is 1. The lowest BCUT2D eigenvalue weighted by atomic mass is 9.69. The number of anilines is 3. The van der Waals surface area contributed by atoms with Crippen molar-refractivity contribution < 1.29 is 9.18 Å². The van der Waals surface area contributed by atoms with Gasteiger partial charge in [-0.3, -0.25) is 4.79 Å². The SMILES string of the molecule is CC1(C)CC(=O)C2=C(C1)Nc1nc(N3CCCCC3)nc(N)c1[C@H]2c1ccc(F)cc1. The molecule has 0 radical (unpaired) electrons. The number of nitrogens with zero attached hydrogens (tertiary/aromatic N) is 3. The molecule has 0 unspecified atom stereocenters. The van der Waals surface area contributed by atoms with Gasteiger partial charge in [0.1, 0.15) is 17.5 Å². The van der Waals surface area contributed by atoms with Gasteiger partial charge in [-0.2, -0.15) is 9.97 Å². The molecule has 3 heterocycles. The summed E-state index contributed by atoms with van der Waals surface area (Å²) in [5, 5.41) is 3.44. The lowest BCUT2D eigenvalue weighted by Gasteiger charge is -2.39. The van der Waals surface area contributed by atoms with Crippen LogP contribution in [-0.4, -0.2) is 28.8 Å². The maximum atomic E-state index is 13.7. The van der Waals surface area contributed by atoms with Crippen LogP contribution < -0.4 is 16.0 Å². The van der Waals surface area contributed by atoms with Crippen molar-refractivity contribution in [2.24, 2.45) is 5.41 Å². The second-order valence-electron chi connectivity index (χ2n) is 9.66. The van der Waals surface area contributed by atoms with E-state index in [0.717, 1.165) is 43.6 Å². The van der Waals surface area contributed by atoms with Gasteiger partial charge in [0.05, 0.1) is 0 Å². The Morgan fingerprint density at radius 3 is 2.52 bits per heavy atom. The summed E-state index contributed by atoms with van der Waals surface area (Å²) in [4.78, 5) is 24.9. The molecule has 0 bridgehead atoms. The molecule has 2 aromatic rings. The number of rotatable bonds is 2. The number of aromatic nitrogens is 2.